The molecule has 4 heteroatoms. The Morgan fingerprint density at radius 3 is 2.50 bits per heavy atom. The van der Waals surface area contributed by atoms with E-state index in [1.807, 2.05) is 0 Å². The largest absolute Gasteiger partial charge is 0.330 e. The minimum Gasteiger partial charge on any atom is -0.330 e. The van der Waals surface area contributed by atoms with Gasteiger partial charge in [-0.3, -0.25) is 0 Å². The van der Waals surface area contributed by atoms with Gasteiger partial charge < -0.3 is 5.73 Å². The molecule has 0 aromatic rings. The number of nitrogens with zero attached hydrogens (tertiary/aromatic N) is 3. The number of azide groups is 1. The quantitative estimate of drug-likeness (QED) is 0.362. The van der Waals surface area contributed by atoms with Crippen LogP contribution in [0.5, 0.6) is 0 Å². The fourth-order valence-electron chi connectivity index (χ4n) is 0.808. The maximum atomic E-state index is 8.08. The molecule has 0 bridgehead atoms. The van der Waals surface area contributed by atoms with Crippen molar-refractivity contribution in [3.05, 3.63) is 10.4 Å². The van der Waals surface area contributed by atoms with Gasteiger partial charge in [-0.2, -0.15) is 0 Å². The average Bonchev–Trinajstić information content (AvgIpc) is 1.86. The average molecular weight is 142 g/mol. The van der Waals surface area contributed by atoms with Crippen LogP contribution < -0.4 is 5.73 Å². The molecule has 0 aliphatic carbocycles. The minimum atomic E-state index is -0.0231. The summed E-state index contributed by atoms with van der Waals surface area (Å²) in [5.74, 6) is 0.541. The van der Waals surface area contributed by atoms with Crippen molar-refractivity contribution in [3.63, 3.8) is 0 Å². The van der Waals surface area contributed by atoms with Crippen molar-refractivity contribution in [2.75, 3.05) is 6.54 Å². The lowest BCUT2D eigenvalue weighted by atomic mass is 10.1. The molecule has 0 aliphatic heterocycles. The summed E-state index contributed by atoms with van der Waals surface area (Å²) >= 11 is 0. The molecule has 0 aromatic heterocycles. The van der Waals surface area contributed by atoms with Crippen LogP contribution in [0.4, 0.5) is 0 Å². The third-order valence-corrected chi connectivity index (χ3v) is 1.23. The summed E-state index contributed by atoms with van der Waals surface area (Å²) in [7, 11) is 0. The first-order valence-corrected chi connectivity index (χ1v) is 3.45. The lowest BCUT2D eigenvalue weighted by molar-refractivity contribution is 0.499. The van der Waals surface area contributed by atoms with Crippen LogP contribution in [0.3, 0.4) is 0 Å². The first-order chi connectivity index (χ1) is 4.70. The molecule has 4 nitrogen and oxygen atoms in total. The van der Waals surface area contributed by atoms with Crippen LogP contribution in [-0.2, 0) is 0 Å². The molecule has 0 aromatic carbocycles. The molecule has 1 atom stereocenters. The summed E-state index contributed by atoms with van der Waals surface area (Å²) in [6.07, 6.45) is 0.876. The molecule has 0 heterocycles. The fourth-order valence-corrected chi connectivity index (χ4v) is 0.808. The highest BCUT2D eigenvalue weighted by Gasteiger charge is 2.04. The van der Waals surface area contributed by atoms with Crippen molar-refractivity contribution in [2.45, 2.75) is 26.3 Å². The standard InChI is InChI=1S/C6H14N4/c1-5(2)3-6(4-7)9-10-8/h5-6H,3-4,7H2,1-2H3. The molecule has 0 saturated carbocycles. The van der Waals surface area contributed by atoms with E-state index in [1.165, 1.54) is 0 Å². The van der Waals surface area contributed by atoms with Crippen LogP contribution >= 0.6 is 0 Å². The lowest BCUT2D eigenvalue weighted by Gasteiger charge is -2.09. The van der Waals surface area contributed by atoms with Gasteiger partial charge in [-0.25, -0.2) is 0 Å². The topological polar surface area (TPSA) is 74.8 Å². The second-order valence-electron chi connectivity index (χ2n) is 2.72. The summed E-state index contributed by atoms with van der Waals surface area (Å²) in [6, 6.07) is -0.0231. The molecule has 1 unspecified atom stereocenters. The predicted octanol–water partition coefficient (Wildman–Crippen LogP) is 1.67. The Morgan fingerprint density at radius 2 is 2.20 bits per heavy atom. The molecule has 0 fully saturated rings. The Kier molecular flexibility index (Phi) is 4.72. The number of hydrogen-bond acceptors (Lipinski definition) is 2. The van der Waals surface area contributed by atoms with Crippen LogP contribution in [0.15, 0.2) is 5.11 Å². The van der Waals surface area contributed by atoms with Gasteiger partial charge in [0, 0.05) is 17.5 Å². The van der Waals surface area contributed by atoms with Gasteiger partial charge in [-0.1, -0.05) is 19.0 Å². The Labute approximate surface area is 61.0 Å². The van der Waals surface area contributed by atoms with Crippen LogP contribution in [0.1, 0.15) is 20.3 Å². The van der Waals surface area contributed by atoms with E-state index in [9.17, 15) is 0 Å². The molecule has 0 spiro atoms. The summed E-state index contributed by atoms with van der Waals surface area (Å²) in [5, 5.41) is 3.54. The van der Waals surface area contributed by atoms with Crippen molar-refractivity contribution in [2.24, 2.45) is 16.8 Å². The maximum Gasteiger partial charge on any atom is 0.0499 e. The van der Waals surface area contributed by atoms with Crippen LogP contribution in [0, 0.1) is 5.92 Å². The van der Waals surface area contributed by atoms with Crippen molar-refractivity contribution >= 4 is 0 Å². The van der Waals surface area contributed by atoms with Gasteiger partial charge in [-0.15, -0.1) is 0 Å². The summed E-state index contributed by atoms with van der Waals surface area (Å²) < 4.78 is 0. The van der Waals surface area contributed by atoms with E-state index in [4.69, 9.17) is 11.3 Å². The molecule has 0 rings (SSSR count). The second-order valence-corrected chi connectivity index (χ2v) is 2.72. The van der Waals surface area contributed by atoms with Gasteiger partial charge >= 0.3 is 0 Å². The first-order valence-electron chi connectivity index (χ1n) is 3.45. The van der Waals surface area contributed by atoms with Gasteiger partial charge in [0.05, 0.1) is 0 Å². The highest BCUT2D eigenvalue weighted by molar-refractivity contribution is 4.68. The first kappa shape index (κ1) is 9.27. The van der Waals surface area contributed by atoms with E-state index in [-0.39, 0.29) is 6.04 Å². The Morgan fingerprint density at radius 1 is 1.60 bits per heavy atom. The Hall–Kier alpha value is -0.730. The summed E-state index contributed by atoms with van der Waals surface area (Å²) in [5.41, 5.74) is 13.4. The van der Waals surface area contributed by atoms with Gasteiger partial charge in [0.1, 0.15) is 0 Å². The Balaban J connectivity index is 3.71. The lowest BCUT2D eigenvalue weighted by Crippen LogP contribution is -2.19. The molecule has 0 saturated heterocycles. The van der Waals surface area contributed by atoms with E-state index in [1.54, 1.807) is 0 Å². The maximum absolute atomic E-state index is 8.08. The minimum absolute atomic E-state index is 0.0231. The molecule has 0 radical (unpaired) electrons. The zero-order chi connectivity index (χ0) is 7.98. The SMILES string of the molecule is CC(C)CC(CN)N=[N+]=[N-]. The van der Waals surface area contributed by atoms with E-state index in [0.29, 0.717) is 12.5 Å². The number of rotatable bonds is 4. The van der Waals surface area contributed by atoms with Crippen LogP contribution in [-0.4, -0.2) is 12.6 Å². The van der Waals surface area contributed by atoms with Gasteiger partial charge in [0.25, 0.3) is 0 Å². The van der Waals surface area contributed by atoms with E-state index in [2.05, 4.69) is 23.9 Å². The molecule has 58 valence electrons. The summed E-state index contributed by atoms with van der Waals surface area (Å²) in [6.45, 7) is 4.60. The third-order valence-electron chi connectivity index (χ3n) is 1.23. The van der Waals surface area contributed by atoms with Crippen molar-refractivity contribution < 1.29 is 0 Å². The van der Waals surface area contributed by atoms with Gasteiger partial charge in [0.2, 0.25) is 0 Å². The van der Waals surface area contributed by atoms with Crippen molar-refractivity contribution in [1.29, 1.82) is 0 Å². The van der Waals surface area contributed by atoms with Gasteiger partial charge in [-0.05, 0) is 17.9 Å². The Bertz CT molecular complexity index is 126. The molecule has 2 N–H and O–H groups in total. The zero-order valence-electron chi connectivity index (χ0n) is 6.49. The smallest absolute Gasteiger partial charge is 0.0499 e. The highest BCUT2D eigenvalue weighted by atomic mass is 15.2. The summed E-state index contributed by atoms with van der Waals surface area (Å²) in [4.78, 5) is 2.70. The van der Waals surface area contributed by atoms with Crippen molar-refractivity contribution in [1.82, 2.24) is 0 Å². The second kappa shape index (κ2) is 5.09. The van der Waals surface area contributed by atoms with Crippen LogP contribution in [0.2, 0.25) is 0 Å². The molecular formula is C6H14N4. The van der Waals surface area contributed by atoms with E-state index >= 15 is 0 Å². The van der Waals surface area contributed by atoms with Crippen LogP contribution in [0.25, 0.3) is 10.4 Å². The normalized spacial score (nSPS) is 12.8. The molecule has 0 amide bonds. The number of nitrogens with two attached hydrogens (primary N) is 1. The number of hydrogen-bond donors (Lipinski definition) is 1. The van der Waals surface area contributed by atoms with E-state index in [0.717, 1.165) is 6.42 Å². The van der Waals surface area contributed by atoms with Crippen molar-refractivity contribution in [3.8, 4) is 0 Å². The van der Waals surface area contributed by atoms with E-state index < -0.39 is 0 Å². The zero-order valence-corrected chi connectivity index (χ0v) is 6.49. The highest BCUT2D eigenvalue weighted by Crippen LogP contribution is 2.06. The molecule has 10 heavy (non-hydrogen) atoms. The predicted molar refractivity (Wildman–Crippen MR) is 41.4 cm³/mol. The third kappa shape index (κ3) is 4.18. The molecular weight excluding hydrogens is 128 g/mol. The fraction of sp³-hybridized carbons (Fsp3) is 1.00. The molecule has 0 aliphatic rings. The monoisotopic (exact) mass is 142 g/mol. The van der Waals surface area contributed by atoms with Gasteiger partial charge in [0.15, 0.2) is 0 Å².